The first-order chi connectivity index (χ1) is 9.11. The lowest BCUT2D eigenvalue weighted by Gasteiger charge is -2.17. The van der Waals surface area contributed by atoms with Crippen LogP contribution in [-0.4, -0.2) is 6.54 Å². The molecule has 0 aliphatic heterocycles. The smallest absolute Gasteiger partial charge is 0.114 e. The normalized spacial score (nSPS) is 12.6. The third-order valence-corrected chi connectivity index (χ3v) is 4.71. The van der Waals surface area contributed by atoms with Gasteiger partial charge in [-0.2, -0.15) is 0 Å². The summed E-state index contributed by atoms with van der Waals surface area (Å²) in [5, 5.41) is 3.47. The van der Waals surface area contributed by atoms with Crippen molar-refractivity contribution in [3.63, 3.8) is 0 Å². The molecule has 1 aromatic carbocycles. The fourth-order valence-corrected chi connectivity index (χ4v) is 3.39. The Kier molecular flexibility index (Phi) is 5.13. The molecule has 0 radical (unpaired) electrons. The Morgan fingerprint density at radius 1 is 1.32 bits per heavy atom. The minimum atomic E-state index is 0.331. The van der Waals surface area contributed by atoms with Crippen LogP contribution in [-0.2, 0) is 0 Å². The van der Waals surface area contributed by atoms with Gasteiger partial charge in [0.15, 0.2) is 0 Å². The van der Waals surface area contributed by atoms with E-state index in [9.17, 15) is 0 Å². The number of hydrogen-bond donors (Lipinski definition) is 1. The molecule has 102 valence electrons. The first kappa shape index (κ1) is 14.7. The molecule has 1 aromatic heterocycles. The molecule has 0 spiro atoms. The molecular weight excluding hydrogens is 322 g/mol. The van der Waals surface area contributed by atoms with Crippen LogP contribution in [0, 0.1) is 6.92 Å². The van der Waals surface area contributed by atoms with E-state index in [-0.39, 0.29) is 0 Å². The summed E-state index contributed by atoms with van der Waals surface area (Å²) in [5.41, 5.74) is 1.31. The van der Waals surface area contributed by atoms with Crippen molar-refractivity contribution < 1.29 is 4.42 Å². The van der Waals surface area contributed by atoms with Crippen LogP contribution in [0.25, 0.3) is 0 Å². The summed E-state index contributed by atoms with van der Waals surface area (Å²) in [6.45, 7) is 7.27. The molecule has 0 aliphatic rings. The van der Waals surface area contributed by atoms with Crippen LogP contribution in [0.2, 0.25) is 0 Å². The van der Waals surface area contributed by atoms with Gasteiger partial charge < -0.3 is 9.73 Å². The molecule has 4 heteroatoms. The predicted molar refractivity (Wildman–Crippen MR) is 83.8 cm³/mol. The second-order valence-electron chi connectivity index (χ2n) is 4.40. The second-order valence-corrected chi connectivity index (χ2v) is 6.40. The fraction of sp³-hybridized carbons (Fsp3) is 0.333. The van der Waals surface area contributed by atoms with Gasteiger partial charge in [-0.25, -0.2) is 0 Å². The summed E-state index contributed by atoms with van der Waals surface area (Å²) in [7, 11) is 0. The monoisotopic (exact) mass is 339 g/mol. The molecule has 0 fully saturated rings. The average molecular weight is 340 g/mol. The Hall–Kier alpha value is -0.710. The van der Waals surface area contributed by atoms with Gasteiger partial charge in [0.05, 0.1) is 11.2 Å². The maximum absolute atomic E-state index is 5.36. The topological polar surface area (TPSA) is 25.2 Å². The molecule has 1 heterocycles. The van der Waals surface area contributed by atoms with E-state index in [1.807, 2.05) is 13.0 Å². The van der Waals surface area contributed by atoms with Crippen molar-refractivity contribution in [3.05, 3.63) is 46.3 Å². The molecule has 1 N–H and O–H groups in total. The second kappa shape index (κ2) is 6.64. The lowest BCUT2D eigenvalue weighted by molar-refractivity contribution is 0.527. The van der Waals surface area contributed by atoms with Crippen LogP contribution in [0.3, 0.4) is 0 Å². The molecule has 0 saturated heterocycles. The molecule has 19 heavy (non-hydrogen) atoms. The highest BCUT2D eigenvalue weighted by Crippen LogP contribution is 2.36. The number of furan rings is 1. The maximum Gasteiger partial charge on any atom is 0.114 e. The molecule has 0 bridgehead atoms. The van der Waals surface area contributed by atoms with Crippen LogP contribution in [0.5, 0.6) is 0 Å². The van der Waals surface area contributed by atoms with E-state index >= 15 is 0 Å². The summed E-state index contributed by atoms with van der Waals surface area (Å²) in [6.07, 6.45) is 1.74. The van der Waals surface area contributed by atoms with Gasteiger partial charge in [0, 0.05) is 15.4 Å². The SMILES string of the molecule is CCNC(C)c1cc(Br)ccc1Sc1ccoc1C. The number of aryl methyl sites for hydroxylation is 1. The lowest BCUT2D eigenvalue weighted by Crippen LogP contribution is -2.18. The zero-order valence-corrected chi connectivity index (χ0v) is 13.8. The zero-order valence-electron chi connectivity index (χ0n) is 11.4. The van der Waals surface area contributed by atoms with Crippen molar-refractivity contribution in [1.82, 2.24) is 5.32 Å². The molecule has 2 nitrogen and oxygen atoms in total. The third-order valence-electron chi connectivity index (χ3n) is 2.98. The van der Waals surface area contributed by atoms with Crippen LogP contribution >= 0.6 is 27.7 Å². The number of halogens is 1. The molecule has 0 saturated carbocycles. The minimum absolute atomic E-state index is 0.331. The van der Waals surface area contributed by atoms with Gasteiger partial charge in [0.2, 0.25) is 0 Å². The maximum atomic E-state index is 5.36. The van der Waals surface area contributed by atoms with E-state index in [0.717, 1.165) is 16.8 Å². The van der Waals surface area contributed by atoms with E-state index in [0.29, 0.717) is 6.04 Å². The van der Waals surface area contributed by atoms with Crippen LogP contribution in [0.15, 0.2) is 49.2 Å². The van der Waals surface area contributed by atoms with Crippen molar-refractivity contribution >= 4 is 27.7 Å². The Bertz CT molecular complexity index is 553. The van der Waals surface area contributed by atoms with E-state index in [1.54, 1.807) is 18.0 Å². The Morgan fingerprint density at radius 3 is 2.74 bits per heavy atom. The van der Waals surface area contributed by atoms with Gasteiger partial charge in [-0.3, -0.25) is 0 Å². The number of rotatable bonds is 5. The molecule has 0 aliphatic carbocycles. The van der Waals surface area contributed by atoms with Crippen molar-refractivity contribution in [2.75, 3.05) is 6.54 Å². The van der Waals surface area contributed by atoms with Crippen LogP contribution in [0.1, 0.15) is 31.2 Å². The minimum Gasteiger partial charge on any atom is -0.468 e. The largest absolute Gasteiger partial charge is 0.468 e. The van der Waals surface area contributed by atoms with Gasteiger partial charge in [0.25, 0.3) is 0 Å². The molecule has 1 atom stereocenters. The van der Waals surface area contributed by atoms with Gasteiger partial charge in [-0.15, -0.1) is 0 Å². The standard InChI is InChI=1S/C15H18BrNOS/c1-4-17-10(2)13-9-12(16)5-6-15(13)19-14-7-8-18-11(14)3/h5-10,17H,4H2,1-3H3. The quantitative estimate of drug-likeness (QED) is 0.813. The van der Waals surface area contributed by atoms with Gasteiger partial charge in [-0.05, 0) is 50.2 Å². The predicted octanol–water partition coefficient (Wildman–Crippen LogP) is 5.17. The van der Waals surface area contributed by atoms with Crippen molar-refractivity contribution in [2.45, 2.75) is 36.6 Å². The summed E-state index contributed by atoms with van der Waals surface area (Å²) in [4.78, 5) is 2.44. The number of benzene rings is 1. The van der Waals surface area contributed by atoms with Crippen LogP contribution < -0.4 is 5.32 Å². The Labute approximate surface area is 127 Å². The van der Waals surface area contributed by atoms with E-state index in [2.05, 4.69) is 53.3 Å². The molecule has 2 rings (SSSR count). The summed E-state index contributed by atoms with van der Waals surface area (Å²) < 4.78 is 6.47. The summed E-state index contributed by atoms with van der Waals surface area (Å²) >= 11 is 5.31. The molecular formula is C15H18BrNOS. The highest BCUT2D eigenvalue weighted by molar-refractivity contribution is 9.10. The average Bonchev–Trinajstić information content (AvgIpc) is 2.77. The number of hydrogen-bond acceptors (Lipinski definition) is 3. The van der Waals surface area contributed by atoms with Gasteiger partial charge in [0.1, 0.15) is 5.76 Å². The van der Waals surface area contributed by atoms with Gasteiger partial charge >= 0.3 is 0 Å². The molecule has 1 unspecified atom stereocenters. The van der Waals surface area contributed by atoms with Crippen molar-refractivity contribution in [2.24, 2.45) is 0 Å². The third kappa shape index (κ3) is 3.65. The highest BCUT2D eigenvalue weighted by atomic mass is 79.9. The van der Waals surface area contributed by atoms with Crippen molar-refractivity contribution in [1.29, 1.82) is 0 Å². The van der Waals surface area contributed by atoms with Gasteiger partial charge in [-0.1, -0.05) is 34.6 Å². The fourth-order valence-electron chi connectivity index (χ4n) is 1.96. The summed E-state index contributed by atoms with van der Waals surface area (Å²) in [5.74, 6) is 0.968. The molecule has 2 aromatic rings. The van der Waals surface area contributed by atoms with Crippen LogP contribution in [0.4, 0.5) is 0 Å². The zero-order chi connectivity index (χ0) is 13.8. The Morgan fingerprint density at radius 2 is 2.11 bits per heavy atom. The molecule has 0 amide bonds. The van der Waals surface area contributed by atoms with E-state index in [4.69, 9.17) is 4.42 Å². The first-order valence-corrected chi connectivity index (χ1v) is 7.97. The lowest BCUT2D eigenvalue weighted by atomic mass is 10.1. The van der Waals surface area contributed by atoms with E-state index in [1.165, 1.54) is 15.4 Å². The highest BCUT2D eigenvalue weighted by Gasteiger charge is 2.13. The Balaban J connectivity index is 2.31. The first-order valence-electron chi connectivity index (χ1n) is 6.36. The van der Waals surface area contributed by atoms with Crippen molar-refractivity contribution in [3.8, 4) is 0 Å². The summed E-state index contributed by atoms with van der Waals surface area (Å²) in [6, 6.07) is 8.77. The van der Waals surface area contributed by atoms with E-state index < -0.39 is 0 Å². The number of nitrogens with one attached hydrogen (secondary N) is 1.